The first kappa shape index (κ1) is 12.7. The van der Waals surface area contributed by atoms with Gasteiger partial charge < -0.3 is 9.88 Å². The summed E-state index contributed by atoms with van der Waals surface area (Å²) >= 11 is 0. The number of halogens is 2. The van der Waals surface area contributed by atoms with Crippen LogP contribution in [0.2, 0.25) is 0 Å². The van der Waals surface area contributed by atoms with Gasteiger partial charge in [-0.2, -0.15) is 0 Å². The topological polar surface area (TPSA) is 42.7 Å². The number of nitrogens with zero attached hydrogens (tertiary/aromatic N) is 3. The fourth-order valence-electron chi connectivity index (χ4n) is 2.35. The van der Waals surface area contributed by atoms with E-state index in [4.69, 9.17) is 0 Å². The molecule has 2 aliphatic heterocycles. The molecule has 0 spiro atoms. The van der Waals surface area contributed by atoms with Crippen LogP contribution >= 0.6 is 24.8 Å². The molecule has 3 heterocycles. The summed E-state index contributed by atoms with van der Waals surface area (Å²) in [6.45, 7) is 3.35. The first-order chi connectivity index (χ1) is 6.45. The monoisotopic (exact) mass is 250 g/mol. The largest absolute Gasteiger partial charge is 0.316 e. The molecule has 6 heteroatoms. The van der Waals surface area contributed by atoms with E-state index in [1.165, 1.54) is 24.5 Å². The first-order valence-corrected chi connectivity index (χ1v) is 5.08. The van der Waals surface area contributed by atoms with Gasteiger partial charge in [-0.15, -0.1) is 35.0 Å². The predicted molar refractivity (Wildman–Crippen MR) is 63.1 cm³/mol. The van der Waals surface area contributed by atoms with E-state index in [1.807, 2.05) is 0 Å². The van der Waals surface area contributed by atoms with Crippen molar-refractivity contribution in [3.63, 3.8) is 0 Å². The molecule has 1 aromatic heterocycles. The highest BCUT2D eigenvalue weighted by Crippen LogP contribution is 2.24. The SMILES string of the molecule is C1Cc2nnc(C3CCNC3)n2C1.Cl.Cl. The van der Waals surface area contributed by atoms with Crippen LogP contribution in [0.5, 0.6) is 0 Å². The van der Waals surface area contributed by atoms with E-state index < -0.39 is 0 Å². The highest BCUT2D eigenvalue weighted by molar-refractivity contribution is 5.85. The molecule has 1 saturated heterocycles. The van der Waals surface area contributed by atoms with Crippen LogP contribution in [0, 0.1) is 0 Å². The third-order valence-electron chi connectivity index (χ3n) is 3.06. The fraction of sp³-hybridized carbons (Fsp3) is 0.778. The van der Waals surface area contributed by atoms with Gasteiger partial charge in [0.05, 0.1) is 0 Å². The molecule has 0 radical (unpaired) electrons. The van der Waals surface area contributed by atoms with Gasteiger partial charge in [0.1, 0.15) is 11.6 Å². The Morgan fingerprint density at radius 2 is 2.13 bits per heavy atom. The minimum atomic E-state index is 0. The van der Waals surface area contributed by atoms with Gasteiger partial charge in [0, 0.05) is 25.4 Å². The van der Waals surface area contributed by atoms with Crippen molar-refractivity contribution in [2.75, 3.05) is 13.1 Å². The fourth-order valence-corrected chi connectivity index (χ4v) is 2.35. The molecule has 15 heavy (non-hydrogen) atoms. The lowest BCUT2D eigenvalue weighted by Gasteiger charge is -2.07. The standard InChI is InChI=1S/C9H14N4.2ClH/c1-2-8-11-12-9(13(8)5-1)7-3-4-10-6-7;;/h7,10H,1-6H2;2*1H. The summed E-state index contributed by atoms with van der Waals surface area (Å²) in [7, 11) is 0. The maximum atomic E-state index is 4.29. The number of nitrogens with one attached hydrogen (secondary N) is 1. The number of hydrogen-bond donors (Lipinski definition) is 1. The Labute approximate surface area is 102 Å². The molecule has 1 unspecified atom stereocenters. The number of rotatable bonds is 1. The Bertz CT molecular complexity index is 320. The van der Waals surface area contributed by atoms with Crippen molar-refractivity contribution in [3.05, 3.63) is 11.6 Å². The van der Waals surface area contributed by atoms with Gasteiger partial charge in [-0.25, -0.2) is 0 Å². The van der Waals surface area contributed by atoms with Crippen molar-refractivity contribution in [2.45, 2.75) is 31.7 Å². The second-order valence-electron chi connectivity index (χ2n) is 3.92. The van der Waals surface area contributed by atoms with Crippen LogP contribution in [0.4, 0.5) is 0 Å². The van der Waals surface area contributed by atoms with Gasteiger partial charge >= 0.3 is 0 Å². The van der Waals surface area contributed by atoms with Gasteiger partial charge in [-0.1, -0.05) is 0 Å². The second kappa shape index (κ2) is 5.14. The Balaban J connectivity index is 0.000000562. The summed E-state index contributed by atoms with van der Waals surface area (Å²) in [5, 5.41) is 11.9. The Hall–Kier alpha value is -0.320. The van der Waals surface area contributed by atoms with Crippen LogP contribution < -0.4 is 5.32 Å². The van der Waals surface area contributed by atoms with Crippen molar-refractivity contribution in [2.24, 2.45) is 0 Å². The molecule has 3 rings (SSSR count). The predicted octanol–water partition coefficient (Wildman–Crippen LogP) is 1.14. The van der Waals surface area contributed by atoms with E-state index >= 15 is 0 Å². The van der Waals surface area contributed by atoms with Crippen LogP contribution in [0.25, 0.3) is 0 Å². The molecule has 1 fully saturated rings. The summed E-state index contributed by atoms with van der Waals surface area (Å²) in [5.41, 5.74) is 0. The molecule has 1 atom stereocenters. The van der Waals surface area contributed by atoms with E-state index in [-0.39, 0.29) is 24.8 Å². The molecule has 0 bridgehead atoms. The molecule has 0 saturated carbocycles. The summed E-state index contributed by atoms with van der Waals surface area (Å²) in [6.07, 6.45) is 3.59. The third-order valence-corrected chi connectivity index (χ3v) is 3.06. The summed E-state index contributed by atoms with van der Waals surface area (Å²) in [5.74, 6) is 3.03. The second-order valence-corrected chi connectivity index (χ2v) is 3.92. The zero-order valence-electron chi connectivity index (χ0n) is 8.48. The van der Waals surface area contributed by atoms with Gasteiger partial charge in [0.25, 0.3) is 0 Å². The summed E-state index contributed by atoms with van der Waals surface area (Å²) < 4.78 is 2.32. The van der Waals surface area contributed by atoms with Crippen LogP contribution in [0.15, 0.2) is 0 Å². The number of hydrogen-bond acceptors (Lipinski definition) is 3. The van der Waals surface area contributed by atoms with E-state index in [1.54, 1.807) is 0 Å². The normalized spacial score (nSPS) is 23.1. The highest BCUT2D eigenvalue weighted by atomic mass is 35.5. The number of aryl methyl sites for hydroxylation is 1. The minimum Gasteiger partial charge on any atom is -0.316 e. The lowest BCUT2D eigenvalue weighted by atomic mass is 10.1. The van der Waals surface area contributed by atoms with Gasteiger partial charge in [-0.3, -0.25) is 0 Å². The van der Waals surface area contributed by atoms with E-state index in [0.29, 0.717) is 5.92 Å². The lowest BCUT2D eigenvalue weighted by molar-refractivity contribution is 0.616. The van der Waals surface area contributed by atoms with Gasteiger partial charge in [-0.05, 0) is 19.4 Å². The van der Waals surface area contributed by atoms with Crippen molar-refractivity contribution in [1.82, 2.24) is 20.1 Å². The number of aromatic nitrogens is 3. The van der Waals surface area contributed by atoms with Crippen LogP contribution in [-0.4, -0.2) is 27.9 Å². The molecule has 0 aliphatic carbocycles. The lowest BCUT2D eigenvalue weighted by Crippen LogP contribution is -2.12. The minimum absolute atomic E-state index is 0. The zero-order valence-corrected chi connectivity index (χ0v) is 10.1. The Morgan fingerprint density at radius 1 is 1.27 bits per heavy atom. The van der Waals surface area contributed by atoms with Crippen molar-refractivity contribution < 1.29 is 0 Å². The summed E-state index contributed by atoms with van der Waals surface area (Å²) in [6, 6.07) is 0. The van der Waals surface area contributed by atoms with Gasteiger partial charge in [0.15, 0.2) is 0 Å². The van der Waals surface area contributed by atoms with Gasteiger partial charge in [0.2, 0.25) is 0 Å². The average Bonchev–Trinajstić information content (AvgIpc) is 2.79. The van der Waals surface area contributed by atoms with Crippen molar-refractivity contribution >= 4 is 24.8 Å². The molecule has 1 aromatic rings. The summed E-state index contributed by atoms with van der Waals surface area (Å²) in [4.78, 5) is 0. The maximum Gasteiger partial charge on any atom is 0.137 e. The highest BCUT2D eigenvalue weighted by Gasteiger charge is 2.25. The van der Waals surface area contributed by atoms with Crippen LogP contribution in [0.3, 0.4) is 0 Å². The van der Waals surface area contributed by atoms with E-state index in [0.717, 1.165) is 26.1 Å². The molecular formula is C9H16Cl2N4. The number of fused-ring (bicyclic) bond motifs is 1. The molecule has 2 aliphatic rings. The molecular weight excluding hydrogens is 235 g/mol. The molecule has 4 nitrogen and oxygen atoms in total. The van der Waals surface area contributed by atoms with Crippen molar-refractivity contribution in [3.8, 4) is 0 Å². The molecule has 1 N–H and O–H groups in total. The van der Waals surface area contributed by atoms with E-state index in [9.17, 15) is 0 Å². The maximum absolute atomic E-state index is 4.29. The third kappa shape index (κ3) is 2.12. The molecule has 86 valence electrons. The Morgan fingerprint density at radius 3 is 2.87 bits per heavy atom. The van der Waals surface area contributed by atoms with Crippen LogP contribution in [0.1, 0.15) is 30.4 Å². The van der Waals surface area contributed by atoms with E-state index in [2.05, 4.69) is 20.1 Å². The van der Waals surface area contributed by atoms with Crippen molar-refractivity contribution in [1.29, 1.82) is 0 Å². The quantitative estimate of drug-likeness (QED) is 0.814. The average molecular weight is 251 g/mol. The molecule has 0 aromatic carbocycles. The molecule has 0 amide bonds. The first-order valence-electron chi connectivity index (χ1n) is 5.08. The van der Waals surface area contributed by atoms with Crippen LogP contribution in [-0.2, 0) is 13.0 Å². The Kier molecular flexibility index (Phi) is 4.37. The zero-order chi connectivity index (χ0) is 8.67. The smallest absolute Gasteiger partial charge is 0.137 e.